The van der Waals surface area contributed by atoms with Crippen molar-refractivity contribution in [1.29, 1.82) is 0 Å². The molecular weight excluding hydrogens is 232 g/mol. The van der Waals surface area contributed by atoms with E-state index in [-0.39, 0.29) is 11.3 Å². The Labute approximate surface area is 107 Å². The number of carbonyl (C=O) groups is 1. The predicted octanol–water partition coefficient (Wildman–Crippen LogP) is 3.07. The molecule has 17 heavy (non-hydrogen) atoms. The lowest BCUT2D eigenvalue weighted by Crippen LogP contribution is -2.40. The molecule has 1 heterocycles. The average molecular weight is 252 g/mol. The fourth-order valence-electron chi connectivity index (χ4n) is 1.83. The summed E-state index contributed by atoms with van der Waals surface area (Å²) < 4.78 is 0. The summed E-state index contributed by atoms with van der Waals surface area (Å²) in [6.07, 6.45) is 5.27. The second-order valence-electron chi connectivity index (χ2n) is 5.78. The number of hydrogen-bond donors (Lipinski definition) is 0. The van der Waals surface area contributed by atoms with E-state index < -0.39 is 0 Å². The molecule has 0 aliphatic heterocycles. The smallest absolute Gasteiger partial charge is 0.265 e. The average Bonchev–Trinajstić information content (AvgIpc) is 2.61. The molecule has 1 aromatic rings. The molecule has 0 saturated heterocycles. The Balaban J connectivity index is 2.11. The number of amides is 1. The molecule has 0 aromatic carbocycles. The number of hydrogen-bond acceptors (Lipinski definition) is 3. The van der Waals surface area contributed by atoms with Crippen LogP contribution in [0.15, 0.2) is 6.20 Å². The van der Waals surface area contributed by atoms with Crippen LogP contribution in [0.5, 0.6) is 0 Å². The lowest BCUT2D eigenvalue weighted by atomic mass is 9.92. The Hall–Kier alpha value is -0.900. The highest BCUT2D eigenvalue weighted by molar-refractivity contribution is 7.13. The van der Waals surface area contributed by atoms with Gasteiger partial charge < -0.3 is 4.90 Å². The molecule has 4 heteroatoms. The summed E-state index contributed by atoms with van der Waals surface area (Å²) in [7, 11) is 1.91. The molecule has 94 valence electrons. The van der Waals surface area contributed by atoms with Crippen molar-refractivity contribution in [2.45, 2.75) is 51.5 Å². The Bertz CT molecular complexity index is 415. The maximum atomic E-state index is 12.2. The van der Waals surface area contributed by atoms with Crippen molar-refractivity contribution in [2.75, 3.05) is 7.05 Å². The van der Waals surface area contributed by atoms with Crippen molar-refractivity contribution in [1.82, 2.24) is 9.88 Å². The van der Waals surface area contributed by atoms with E-state index in [1.165, 1.54) is 17.8 Å². The van der Waals surface area contributed by atoms with Crippen molar-refractivity contribution >= 4 is 17.2 Å². The first-order valence-electron chi connectivity index (χ1n) is 6.13. The standard InChI is InChI=1S/C13H20N2OS/c1-13(2,3)12-14-8-10(17-12)11(16)15(4)9-6-5-7-9/h8-9H,5-7H2,1-4H3. The van der Waals surface area contributed by atoms with E-state index in [0.717, 1.165) is 22.7 Å². The number of rotatable bonds is 2. The zero-order valence-electron chi connectivity index (χ0n) is 11.0. The zero-order valence-corrected chi connectivity index (χ0v) is 11.8. The van der Waals surface area contributed by atoms with Gasteiger partial charge in [0.05, 0.1) is 11.2 Å². The third-order valence-corrected chi connectivity index (χ3v) is 4.71. The normalized spacial score (nSPS) is 16.7. The summed E-state index contributed by atoms with van der Waals surface area (Å²) in [5.74, 6) is 0.127. The molecule has 1 fully saturated rings. The van der Waals surface area contributed by atoms with Crippen LogP contribution in [0.3, 0.4) is 0 Å². The monoisotopic (exact) mass is 252 g/mol. The van der Waals surface area contributed by atoms with Gasteiger partial charge in [0.15, 0.2) is 0 Å². The molecule has 0 bridgehead atoms. The maximum Gasteiger partial charge on any atom is 0.265 e. The molecule has 1 amide bonds. The Morgan fingerprint density at radius 1 is 1.47 bits per heavy atom. The minimum Gasteiger partial charge on any atom is -0.338 e. The van der Waals surface area contributed by atoms with Crippen molar-refractivity contribution < 1.29 is 4.79 Å². The number of thiazole rings is 1. The highest BCUT2D eigenvalue weighted by atomic mass is 32.1. The van der Waals surface area contributed by atoms with Crippen molar-refractivity contribution in [2.24, 2.45) is 0 Å². The van der Waals surface area contributed by atoms with Crippen LogP contribution in [0.25, 0.3) is 0 Å². The summed E-state index contributed by atoms with van der Waals surface area (Å²) in [6.45, 7) is 6.36. The van der Waals surface area contributed by atoms with Gasteiger partial charge in [-0.05, 0) is 19.3 Å². The SMILES string of the molecule is CN(C(=O)c1cnc(C(C)(C)C)s1)C1CCC1. The molecule has 1 aromatic heterocycles. The van der Waals surface area contributed by atoms with Crippen LogP contribution in [-0.4, -0.2) is 28.9 Å². The van der Waals surface area contributed by atoms with Crippen molar-refractivity contribution in [3.8, 4) is 0 Å². The highest BCUT2D eigenvalue weighted by Gasteiger charge is 2.28. The Kier molecular flexibility index (Phi) is 3.25. The molecule has 3 nitrogen and oxygen atoms in total. The summed E-state index contributed by atoms with van der Waals surface area (Å²) in [5.41, 5.74) is 0.0260. The van der Waals surface area contributed by atoms with Gasteiger partial charge in [0, 0.05) is 18.5 Å². The minimum absolute atomic E-state index is 0.0260. The highest BCUT2D eigenvalue weighted by Crippen LogP contribution is 2.29. The topological polar surface area (TPSA) is 33.2 Å². The van der Waals surface area contributed by atoms with Gasteiger partial charge in [0.2, 0.25) is 0 Å². The lowest BCUT2D eigenvalue weighted by molar-refractivity contribution is 0.0657. The molecule has 2 rings (SSSR count). The second kappa shape index (κ2) is 4.41. The van der Waals surface area contributed by atoms with Gasteiger partial charge in [-0.2, -0.15) is 0 Å². The molecule has 1 aliphatic rings. The molecule has 0 atom stereocenters. The summed E-state index contributed by atoms with van der Waals surface area (Å²) in [6, 6.07) is 0.447. The van der Waals surface area contributed by atoms with Crippen molar-refractivity contribution in [3.05, 3.63) is 16.1 Å². The first-order chi connectivity index (χ1) is 7.89. The predicted molar refractivity (Wildman–Crippen MR) is 70.5 cm³/mol. The molecule has 0 N–H and O–H groups in total. The van der Waals surface area contributed by atoms with Gasteiger partial charge in [0.25, 0.3) is 5.91 Å². The fraction of sp³-hybridized carbons (Fsp3) is 0.692. The molecule has 1 saturated carbocycles. The maximum absolute atomic E-state index is 12.2. The zero-order chi connectivity index (χ0) is 12.6. The summed E-state index contributed by atoms with van der Waals surface area (Å²) in [5, 5.41) is 1.03. The van der Waals surface area contributed by atoms with Crippen LogP contribution in [0.4, 0.5) is 0 Å². The summed E-state index contributed by atoms with van der Waals surface area (Å²) >= 11 is 1.53. The van der Waals surface area contributed by atoms with E-state index >= 15 is 0 Å². The first kappa shape index (κ1) is 12.6. The molecule has 0 unspecified atom stereocenters. The van der Waals surface area contributed by atoms with Crippen LogP contribution in [0, 0.1) is 0 Å². The molecule has 1 aliphatic carbocycles. The first-order valence-corrected chi connectivity index (χ1v) is 6.94. The van der Waals surface area contributed by atoms with E-state index in [9.17, 15) is 4.79 Å². The second-order valence-corrected chi connectivity index (χ2v) is 6.81. The summed E-state index contributed by atoms with van der Waals surface area (Å²) in [4.78, 5) is 19.2. The molecule has 0 radical (unpaired) electrons. The quantitative estimate of drug-likeness (QED) is 0.810. The molecular formula is C13H20N2OS. The van der Waals surface area contributed by atoms with Gasteiger partial charge in [-0.15, -0.1) is 11.3 Å². The lowest BCUT2D eigenvalue weighted by Gasteiger charge is -2.34. The Morgan fingerprint density at radius 2 is 2.12 bits per heavy atom. The number of aromatic nitrogens is 1. The van der Waals surface area contributed by atoms with E-state index in [1.807, 2.05) is 11.9 Å². The van der Waals surface area contributed by atoms with E-state index in [0.29, 0.717) is 6.04 Å². The van der Waals surface area contributed by atoms with Gasteiger partial charge in [-0.3, -0.25) is 4.79 Å². The van der Waals surface area contributed by atoms with E-state index in [4.69, 9.17) is 0 Å². The van der Waals surface area contributed by atoms with Crippen LogP contribution in [-0.2, 0) is 5.41 Å². The fourth-order valence-corrected chi connectivity index (χ4v) is 2.79. The van der Waals surface area contributed by atoms with Crippen LogP contribution < -0.4 is 0 Å². The Morgan fingerprint density at radius 3 is 2.53 bits per heavy atom. The van der Waals surface area contributed by atoms with Crippen LogP contribution in [0.1, 0.15) is 54.7 Å². The number of nitrogens with zero attached hydrogens (tertiary/aromatic N) is 2. The third-order valence-electron chi connectivity index (χ3n) is 3.30. The van der Waals surface area contributed by atoms with Gasteiger partial charge in [0.1, 0.15) is 4.88 Å². The van der Waals surface area contributed by atoms with E-state index in [2.05, 4.69) is 25.8 Å². The minimum atomic E-state index is 0.0260. The van der Waals surface area contributed by atoms with Gasteiger partial charge in [-0.1, -0.05) is 20.8 Å². The van der Waals surface area contributed by atoms with Crippen molar-refractivity contribution in [3.63, 3.8) is 0 Å². The molecule has 0 spiro atoms. The largest absolute Gasteiger partial charge is 0.338 e. The number of carbonyl (C=O) groups excluding carboxylic acids is 1. The van der Waals surface area contributed by atoms with Crippen LogP contribution >= 0.6 is 11.3 Å². The van der Waals surface area contributed by atoms with Crippen LogP contribution in [0.2, 0.25) is 0 Å². The third kappa shape index (κ3) is 2.51. The van der Waals surface area contributed by atoms with E-state index in [1.54, 1.807) is 6.20 Å². The van der Waals surface area contributed by atoms with Gasteiger partial charge >= 0.3 is 0 Å². The van der Waals surface area contributed by atoms with Gasteiger partial charge in [-0.25, -0.2) is 4.98 Å².